The molecule has 2 aliphatic rings. The van der Waals surface area contributed by atoms with Gasteiger partial charge in [-0.2, -0.15) is 0 Å². The topological polar surface area (TPSA) is 93.0 Å². The molecule has 0 bridgehead atoms. The molecule has 5 rings (SSSR count). The van der Waals surface area contributed by atoms with Crippen LogP contribution >= 0.6 is 11.6 Å². The van der Waals surface area contributed by atoms with Crippen LogP contribution in [0.4, 0.5) is 0 Å². The van der Waals surface area contributed by atoms with Crippen LogP contribution in [-0.2, 0) is 16.9 Å². The number of benzene rings is 1. The third kappa shape index (κ3) is 4.11. The van der Waals surface area contributed by atoms with Crippen molar-refractivity contribution in [2.24, 2.45) is 11.0 Å². The summed E-state index contributed by atoms with van der Waals surface area (Å²) >= 11 is 6.22. The van der Waals surface area contributed by atoms with E-state index in [4.69, 9.17) is 21.1 Å². The fourth-order valence-electron chi connectivity index (χ4n) is 4.37. The van der Waals surface area contributed by atoms with Crippen LogP contribution in [0.3, 0.4) is 0 Å². The largest absolute Gasteiger partial charge is 0.474 e. The molecule has 2 aromatic heterocycles. The summed E-state index contributed by atoms with van der Waals surface area (Å²) in [6.07, 6.45) is 7.37. The van der Waals surface area contributed by atoms with Crippen molar-refractivity contribution in [3.8, 4) is 5.88 Å². The van der Waals surface area contributed by atoms with Gasteiger partial charge in [-0.15, -0.1) is 0 Å². The van der Waals surface area contributed by atoms with Crippen LogP contribution in [0.15, 0.2) is 53.9 Å². The lowest BCUT2D eigenvalue weighted by molar-refractivity contribution is -0.0690. The first-order chi connectivity index (χ1) is 15.6. The van der Waals surface area contributed by atoms with Crippen LogP contribution in [0.25, 0.3) is 21.2 Å². The van der Waals surface area contributed by atoms with Gasteiger partial charge in [-0.05, 0) is 53.8 Å². The average Bonchev–Trinajstić information content (AvgIpc) is 3.62. The predicted octanol–water partition coefficient (Wildman–Crippen LogP) is 6.35. The molecule has 2 aliphatic carbocycles. The molecule has 1 unspecified atom stereocenters. The van der Waals surface area contributed by atoms with E-state index in [-0.39, 0.29) is 12.2 Å². The van der Waals surface area contributed by atoms with E-state index in [0.29, 0.717) is 23.6 Å². The van der Waals surface area contributed by atoms with Gasteiger partial charge in [0.15, 0.2) is 0 Å². The van der Waals surface area contributed by atoms with E-state index in [2.05, 4.69) is 32.1 Å². The number of nitrogens with zero attached hydrogens (tertiary/aromatic N) is 5. The van der Waals surface area contributed by atoms with Gasteiger partial charge in [0.1, 0.15) is 11.3 Å². The molecule has 8 heteroatoms. The zero-order valence-electron chi connectivity index (χ0n) is 17.8. The molecular formula is C24H24ClN5O2. The Morgan fingerprint density at radius 2 is 1.91 bits per heavy atom. The Labute approximate surface area is 191 Å². The quantitative estimate of drug-likeness (QED) is 0.173. The molecule has 0 spiro atoms. The summed E-state index contributed by atoms with van der Waals surface area (Å²) in [7, 11) is 0. The molecule has 1 atom stereocenters. The van der Waals surface area contributed by atoms with Crippen molar-refractivity contribution in [2.75, 3.05) is 0 Å². The van der Waals surface area contributed by atoms with Gasteiger partial charge in [-0.25, -0.2) is 9.97 Å². The highest BCUT2D eigenvalue weighted by Gasteiger charge is 2.44. The van der Waals surface area contributed by atoms with Crippen molar-refractivity contribution in [3.05, 3.63) is 75.5 Å². The lowest BCUT2D eigenvalue weighted by atomic mass is 9.86. The SMILES string of the molecule is CC(N=[N+]=[N-])(c1cnc(O[C@H]2C[C@H](OCc3ccccc3)C2)c2cnc(Cl)cc12)C1CC1. The summed E-state index contributed by atoms with van der Waals surface area (Å²) in [5.74, 6) is 0.828. The molecule has 2 fully saturated rings. The zero-order valence-corrected chi connectivity index (χ0v) is 18.6. The summed E-state index contributed by atoms with van der Waals surface area (Å²) in [5, 5.41) is 6.19. The van der Waals surface area contributed by atoms with E-state index < -0.39 is 5.54 Å². The third-order valence-electron chi connectivity index (χ3n) is 6.53. The van der Waals surface area contributed by atoms with E-state index >= 15 is 0 Å². The van der Waals surface area contributed by atoms with Crippen LogP contribution in [0.5, 0.6) is 5.88 Å². The van der Waals surface area contributed by atoms with Crippen molar-refractivity contribution in [3.63, 3.8) is 0 Å². The summed E-state index contributed by atoms with van der Waals surface area (Å²) in [4.78, 5) is 12.0. The monoisotopic (exact) mass is 449 g/mol. The minimum absolute atomic E-state index is 0.0416. The summed E-state index contributed by atoms with van der Waals surface area (Å²) in [6.45, 7) is 2.58. The maximum atomic E-state index is 9.18. The van der Waals surface area contributed by atoms with Gasteiger partial charge in [-0.1, -0.05) is 47.0 Å². The van der Waals surface area contributed by atoms with Crippen molar-refractivity contribution >= 4 is 22.4 Å². The Balaban J connectivity index is 1.33. The second-order valence-corrected chi connectivity index (χ2v) is 9.16. The average molecular weight is 450 g/mol. The maximum Gasteiger partial charge on any atom is 0.223 e. The second kappa shape index (κ2) is 8.58. The Morgan fingerprint density at radius 3 is 2.62 bits per heavy atom. The van der Waals surface area contributed by atoms with Gasteiger partial charge >= 0.3 is 0 Å². The van der Waals surface area contributed by atoms with Crippen molar-refractivity contribution in [1.82, 2.24) is 9.97 Å². The zero-order chi connectivity index (χ0) is 22.1. The molecule has 32 heavy (non-hydrogen) atoms. The highest BCUT2D eigenvalue weighted by molar-refractivity contribution is 6.30. The Morgan fingerprint density at radius 1 is 1.12 bits per heavy atom. The number of ether oxygens (including phenoxy) is 2. The summed E-state index contributed by atoms with van der Waals surface area (Å²) < 4.78 is 12.2. The van der Waals surface area contributed by atoms with Gasteiger partial charge in [0.2, 0.25) is 5.88 Å². The number of azide groups is 1. The van der Waals surface area contributed by atoms with Crippen molar-refractivity contribution < 1.29 is 9.47 Å². The first-order valence-corrected chi connectivity index (χ1v) is 11.3. The molecule has 2 saturated carbocycles. The van der Waals surface area contributed by atoms with Crippen molar-refractivity contribution in [1.29, 1.82) is 0 Å². The van der Waals surface area contributed by atoms with E-state index in [9.17, 15) is 5.53 Å². The van der Waals surface area contributed by atoms with Crippen LogP contribution in [0, 0.1) is 5.92 Å². The second-order valence-electron chi connectivity index (χ2n) is 8.77. The van der Waals surface area contributed by atoms with Crippen molar-refractivity contribution in [2.45, 2.75) is 57.0 Å². The number of halogens is 1. The fraction of sp³-hybridized carbons (Fsp3) is 0.417. The highest BCUT2D eigenvalue weighted by atomic mass is 35.5. The van der Waals surface area contributed by atoms with Gasteiger partial charge in [0.25, 0.3) is 0 Å². The molecule has 0 saturated heterocycles. The van der Waals surface area contributed by atoms with E-state index in [1.54, 1.807) is 18.5 Å². The third-order valence-corrected chi connectivity index (χ3v) is 6.74. The summed E-state index contributed by atoms with van der Waals surface area (Å²) in [6, 6.07) is 12.0. The fourth-order valence-corrected chi connectivity index (χ4v) is 4.53. The summed E-state index contributed by atoms with van der Waals surface area (Å²) in [5.41, 5.74) is 10.5. The van der Waals surface area contributed by atoms with Gasteiger partial charge in [0.05, 0.1) is 23.6 Å². The maximum absolute atomic E-state index is 9.18. The lowest BCUT2D eigenvalue weighted by Gasteiger charge is -2.35. The standard InChI is InChI=1S/C24H24ClN5O2/c1-24(29-30-26,16-7-8-16)21-13-28-23(20-12-27-22(25)11-19(20)21)32-18-9-17(10-18)31-14-15-5-3-2-4-6-15/h2-6,11-13,16-18H,7-10,14H2,1H3/t17-,18-,24?. The molecule has 0 aliphatic heterocycles. The smallest absolute Gasteiger partial charge is 0.223 e. The predicted molar refractivity (Wildman–Crippen MR) is 122 cm³/mol. The molecule has 0 N–H and O–H groups in total. The number of hydrogen-bond acceptors (Lipinski definition) is 5. The van der Waals surface area contributed by atoms with Gasteiger partial charge in [-0.3, -0.25) is 0 Å². The molecule has 0 radical (unpaired) electrons. The minimum atomic E-state index is -0.671. The molecule has 0 amide bonds. The highest BCUT2D eigenvalue weighted by Crippen LogP contribution is 2.50. The molecule has 164 valence electrons. The Bertz CT molecular complexity index is 1170. The number of aromatic nitrogens is 2. The first kappa shape index (κ1) is 21.0. The number of pyridine rings is 2. The van der Waals surface area contributed by atoms with Gasteiger partial charge < -0.3 is 9.47 Å². The number of rotatable bonds is 8. The molecule has 2 heterocycles. The van der Waals surface area contributed by atoms with Gasteiger partial charge in [0, 0.05) is 30.1 Å². The minimum Gasteiger partial charge on any atom is -0.474 e. The van der Waals surface area contributed by atoms with Crippen LogP contribution < -0.4 is 4.74 Å². The van der Waals surface area contributed by atoms with E-state index in [1.807, 2.05) is 25.1 Å². The molecule has 1 aromatic carbocycles. The van der Waals surface area contributed by atoms with E-state index in [1.165, 1.54) is 5.56 Å². The van der Waals surface area contributed by atoms with E-state index in [0.717, 1.165) is 42.0 Å². The first-order valence-electron chi connectivity index (χ1n) is 10.9. The number of hydrogen-bond donors (Lipinski definition) is 0. The Kier molecular flexibility index (Phi) is 5.64. The normalized spacial score (nSPS) is 21.9. The van der Waals surface area contributed by atoms with Crippen LogP contribution in [-0.4, -0.2) is 22.2 Å². The lowest BCUT2D eigenvalue weighted by Crippen LogP contribution is -2.39. The van der Waals surface area contributed by atoms with Crippen LogP contribution in [0.2, 0.25) is 5.15 Å². The Hall–Kier alpha value is -2.86. The number of fused-ring (bicyclic) bond motifs is 1. The van der Waals surface area contributed by atoms with Crippen LogP contribution in [0.1, 0.15) is 43.7 Å². The molecule has 7 nitrogen and oxygen atoms in total. The molecule has 3 aromatic rings. The molecular weight excluding hydrogens is 426 g/mol.